The molecule has 0 bridgehead atoms. The highest BCUT2D eigenvalue weighted by molar-refractivity contribution is 6.48. The first kappa shape index (κ1) is 21.9. The molecule has 0 aliphatic carbocycles. The van der Waals surface area contributed by atoms with Crippen molar-refractivity contribution in [2.45, 2.75) is 46.9 Å². The maximum Gasteiger partial charge on any atom is 0.347 e. The van der Waals surface area contributed by atoms with Gasteiger partial charge in [-0.15, -0.1) is 0 Å². The zero-order valence-corrected chi connectivity index (χ0v) is 18.2. The van der Waals surface area contributed by atoms with Crippen LogP contribution in [0.4, 0.5) is 0 Å². The SMILES string of the molecule is CC(=O)Oc1ccccc1C(=O)Oc1cccc(C(O[Si](C)C)C(C)(C)C)c1. The summed E-state index contributed by atoms with van der Waals surface area (Å²) in [4.78, 5) is 23.9. The smallest absolute Gasteiger partial charge is 0.347 e. The standard InChI is InChI=1S/C22H27O5Si/c1-15(23)25-19-13-8-7-12-18(19)21(24)26-17-11-9-10-16(14-17)20(22(2,3)4)27-28(5)6/h7-14,20H,1-6H3. The quantitative estimate of drug-likeness (QED) is 0.380. The normalized spacial score (nSPS) is 12.5. The molecule has 2 aromatic carbocycles. The van der Waals surface area contributed by atoms with Crippen molar-refractivity contribution in [3.05, 3.63) is 59.7 Å². The Kier molecular flexibility index (Phi) is 7.15. The third kappa shape index (κ3) is 6.04. The highest BCUT2D eigenvalue weighted by Crippen LogP contribution is 2.37. The van der Waals surface area contributed by atoms with Crippen molar-refractivity contribution in [1.82, 2.24) is 0 Å². The van der Waals surface area contributed by atoms with Crippen LogP contribution in [0.3, 0.4) is 0 Å². The summed E-state index contributed by atoms with van der Waals surface area (Å²) in [5.74, 6) is -0.489. The minimum absolute atomic E-state index is 0.105. The minimum atomic E-state index is -0.914. The molecule has 5 nitrogen and oxygen atoms in total. The number of carbonyl (C=O) groups excluding carboxylic acids is 2. The lowest BCUT2D eigenvalue weighted by Gasteiger charge is -2.33. The molecule has 0 heterocycles. The molecule has 0 aliphatic heterocycles. The predicted molar refractivity (Wildman–Crippen MR) is 110 cm³/mol. The molecule has 0 fully saturated rings. The number of rotatable bonds is 6. The molecule has 1 radical (unpaired) electrons. The fraction of sp³-hybridized carbons (Fsp3) is 0.364. The Bertz CT molecular complexity index is 839. The van der Waals surface area contributed by atoms with Crippen molar-refractivity contribution in [1.29, 1.82) is 0 Å². The molecule has 0 spiro atoms. The van der Waals surface area contributed by atoms with Gasteiger partial charge in [-0.1, -0.05) is 45.0 Å². The van der Waals surface area contributed by atoms with Gasteiger partial charge in [-0.3, -0.25) is 4.79 Å². The third-order valence-corrected chi connectivity index (χ3v) is 4.58. The average Bonchev–Trinajstić information content (AvgIpc) is 2.58. The highest BCUT2D eigenvalue weighted by Gasteiger charge is 2.28. The lowest BCUT2D eigenvalue weighted by atomic mass is 9.85. The van der Waals surface area contributed by atoms with Gasteiger partial charge < -0.3 is 13.9 Å². The van der Waals surface area contributed by atoms with Gasteiger partial charge in [-0.2, -0.15) is 0 Å². The number of hydrogen-bond donors (Lipinski definition) is 0. The molecule has 1 unspecified atom stereocenters. The lowest BCUT2D eigenvalue weighted by Crippen LogP contribution is -2.26. The minimum Gasteiger partial charge on any atom is -0.426 e. The van der Waals surface area contributed by atoms with Crippen molar-refractivity contribution in [2.24, 2.45) is 5.41 Å². The zero-order valence-electron chi connectivity index (χ0n) is 17.2. The summed E-state index contributed by atoms with van der Waals surface area (Å²) in [5.41, 5.74) is 1.04. The maximum absolute atomic E-state index is 12.6. The van der Waals surface area contributed by atoms with Gasteiger partial charge in [0.25, 0.3) is 0 Å². The molecule has 6 heteroatoms. The van der Waals surface area contributed by atoms with Crippen molar-refractivity contribution in [3.63, 3.8) is 0 Å². The number of para-hydroxylation sites is 1. The molecular formula is C22H27O5Si. The fourth-order valence-corrected chi connectivity index (χ4v) is 3.72. The monoisotopic (exact) mass is 399 g/mol. The summed E-state index contributed by atoms with van der Waals surface area (Å²) in [5, 5.41) is 0. The van der Waals surface area contributed by atoms with Gasteiger partial charge in [0.2, 0.25) is 9.04 Å². The molecule has 2 aromatic rings. The summed E-state index contributed by atoms with van der Waals surface area (Å²) >= 11 is 0. The molecular weight excluding hydrogens is 372 g/mol. The molecule has 1 atom stereocenters. The van der Waals surface area contributed by atoms with Crippen LogP contribution in [-0.4, -0.2) is 21.0 Å². The van der Waals surface area contributed by atoms with Crippen LogP contribution in [0.1, 0.15) is 49.7 Å². The van der Waals surface area contributed by atoms with E-state index >= 15 is 0 Å². The highest BCUT2D eigenvalue weighted by atomic mass is 28.3. The largest absolute Gasteiger partial charge is 0.426 e. The van der Waals surface area contributed by atoms with Crippen LogP contribution in [0.5, 0.6) is 11.5 Å². The van der Waals surface area contributed by atoms with Gasteiger partial charge in [-0.05, 0) is 48.3 Å². The first-order valence-corrected chi connectivity index (χ1v) is 11.5. The van der Waals surface area contributed by atoms with Gasteiger partial charge in [0.1, 0.15) is 17.1 Å². The van der Waals surface area contributed by atoms with E-state index < -0.39 is 21.0 Å². The summed E-state index contributed by atoms with van der Waals surface area (Å²) in [6.07, 6.45) is -0.108. The van der Waals surface area contributed by atoms with E-state index in [1.54, 1.807) is 30.3 Å². The van der Waals surface area contributed by atoms with Crippen molar-refractivity contribution in [3.8, 4) is 11.5 Å². The summed E-state index contributed by atoms with van der Waals surface area (Å²) in [6, 6.07) is 13.9. The van der Waals surface area contributed by atoms with Crippen molar-refractivity contribution >= 4 is 21.0 Å². The second-order valence-corrected chi connectivity index (χ2v) is 9.88. The lowest BCUT2D eigenvalue weighted by molar-refractivity contribution is -0.131. The zero-order chi connectivity index (χ0) is 20.9. The van der Waals surface area contributed by atoms with Crippen molar-refractivity contribution in [2.75, 3.05) is 0 Å². The molecule has 149 valence electrons. The molecule has 0 saturated carbocycles. The Morgan fingerprint density at radius 2 is 1.64 bits per heavy atom. The van der Waals surface area contributed by atoms with Crippen LogP contribution in [0.15, 0.2) is 48.5 Å². The first-order valence-electron chi connectivity index (χ1n) is 9.14. The first-order chi connectivity index (χ1) is 13.1. The summed E-state index contributed by atoms with van der Waals surface area (Å²) < 4.78 is 16.9. The molecule has 2 rings (SSSR count). The van der Waals surface area contributed by atoms with Crippen LogP contribution in [0.25, 0.3) is 0 Å². The van der Waals surface area contributed by atoms with Crippen LogP contribution in [0, 0.1) is 5.41 Å². The van der Waals surface area contributed by atoms with E-state index in [0.717, 1.165) is 5.56 Å². The van der Waals surface area contributed by atoms with E-state index in [2.05, 4.69) is 33.9 Å². The van der Waals surface area contributed by atoms with E-state index in [1.807, 2.05) is 18.2 Å². The number of hydrogen-bond acceptors (Lipinski definition) is 5. The maximum atomic E-state index is 12.6. The second-order valence-electron chi connectivity index (χ2n) is 7.82. The molecule has 0 saturated heterocycles. The molecule has 0 aromatic heterocycles. The third-order valence-electron chi connectivity index (χ3n) is 3.87. The van der Waals surface area contributed by atoms with Gasteiger partial charge >= 0.3 is 11.9 Å². The fourth-order valence-electron chi connectivity index (χ4n) is 2.76. The van der Waals surface area contributed by atoms with Gasteiger partial charge in [-0.25, -0.2) is 4.79 Å². The van der Waals surface area contributed by atoms with Crippen LogP contribution in [-0.2, 0) is 9.22 Å². The molecule has 0 N–H and O–H groups in total. The van der Waals surface area contributed by atoms with Gasteiger partial charge in [0.05, 0.1) is 6.10 Å². The topological polar surface area (TPSA) is 61.8 Å². The van der Waals surface area contributed by atoms with Crippen LogP contribution < -0.4 is 9.47 Å². The summed E-state index contributed by atoms with van der Waals surface area (Å²) in [6.45, 7) is 11.8. The Hall–Kier alpha value is -2.44. The number of benzene rings is 2. The Morgan fingerprint density at radius 1 is 0.964 bits per heavy atom. The van der Waals surface area contributed by atoms with Gasteiger partial charge in [0.15, 0.2) is 0 Å². The number of ether oxygens (including phenoxy) is 2. The Balaban J connectivity index is 2.28. The Labute approximate surface area is 168 Å². The van der Waals surface area contributed by atoms with E-state index in [0.29, 0.717) is 5.75 Å². The molecule has 0 amide bonds. The second kappa shape index (κ2) is 9.17. The van der Waals surface area contributed by atoms with Crippen molar-refractivity contribution < 1.29 is 23.5 Å². The average molecular weight is 400 g/mol. The Morgan fingerprint density at radius 3 is 2.25 bits per heavy atom. The van der Waals surface area contributed by atoms with Crippen LogP contribution >= 0.6 is 0 Å². The number of carbonyl (C=O) groups is 2. The van der Waals surface area contributed by atoms with Gasteiger partial charge in [0, 0.05) is 6.92 Å². The van der Waals surface area contributed by atoms with E-state index in [1.165, 1.54) is 6.92 Å². The molecule has 0 aliphatic rings. The van der Waals surface area contributed by atoms with E-state index in [-0.39, 0.29) is 22.8 Å². The number of esters is 2. The predicted octanol–water partition coefficient (Wildman–Crippen LogP) is 5.19. The van der Waals surface area contributed by atoms with E-state index in [9.17, 15) is 9.59 Å². The summed E-state index contributed by atoms with van der Waals surface area (Å²) in [7, 11) is -0.914. The van der Waals surface area contributed by atoms with E-state index in [4.69, 9.17) is 13.9 Å². The molecule has 28 heavy (non-hydrogen) atoms. The van der Waals surface area contributed by atoms with Crippen LogP contribution in [0.2, 0.25) is 13.1 Å².